The zero-order valence-corrected chi connectivity index (χ0v) is 73.5. The Morgan fingerprint density at radius 2 is 1.36 bits per heavy atom. The van der Waals surface area contributed by atoms with Crippen LogP contribution < -0.4 is 40.5 Å². The molecule has 2 aliphatic carbocycles. The van der Waals surface area contributed by atoms with E-state index in [2.05, 4.69) is 145 Å². The molecule has 632 valence electrons. The lowest BCUT2D eigenvalue weighted by Crippen LogP contribution is -2.74. The first-order chi connectivity index (χ1) is 57.4. The number of Topliss-reactive ketones (excluding diaryl/α,β-unsaturated/α-hetero) is 1. The molecule has 2 saturated heterocycles. The number of anilines is 5. The van der Waals surface area contributed by atoms with E-state index in [1.54, 1.807) is 49.1 Å². The molecular formula is C97H109ClF3N13O6S. The highest BCUT2D eigenvalue weighted by Gasteiger charge is 2.64. The quantitative estimate of drug-likeness (QED) is 0.0476. The number of aromatic nitrogens is 5. The molecular weight excluding hydrogens is 1570 g/mol. The zero-order valence-electron chi connectivity index (χ0n) is 72.0. The fourth-order valence-electron chi connectivity index (χ4n) is 17.1. The molecule has 4 fully saturated rings. The lowest BCUT2D eigenvalue weighted by Gasteiger charge is -2.63. The number of nitriles is 2. The molecule has 24 heteroatoms. The Bertz CT molecular complexity index is 5510. The summed E-state index contributed by atoms with van der Waals surface area (Å²) in [5, 5.41) is 29.8. The van der Waals surface area contributed by atoms with Crippen LogP contribution in [-0.2, 0) is 28.7 Å². The number of carbonyl (C=O) groups is 3. The standard InChI is InChI=1S/C31H38N2O3.C23H25ClN2O2.C23H30N6.C20H16F3N3OS/c1-6-33(26-13-15-36-16-14-26)29-19-25(24-9-7-20(2)8-10-24)18-28(23(29)5)30(34)12-11-27-21(3)17-22(4)32-31(27)35;1-14-6-8-15(9-7-14)19(27)26-20-22(2,3)21(23(20,4)5)28-17-11-10-16(13-25)18(24)12-17;1-17-9-11-19(12-10-17)26-23-24-14-13-21(27-23)20-15-25-29(22(20)28(2)3)16-18-7-5-4-6-8-18;1-12-4-7-14(8-5-12)26-18(28)25(17(27)19(26,2)3)15-9-6-13(11-24)16(10-15)20(21,22)23/h7-10,17-19,26H,6,11-16H2,1-5H3,(H,32,35);6-12,20-21H,1-5H3,(H,26,27);4-8,13-15,17,19H,9-12,16H2,1-3H3,(H,24,26,27);4-10H,1-3H3. The molecule has 0 unspecified atom stereocenters. The predicted octanol–water partition coefficient (Wildman–Crippen LogP) is 20.5. The molecule has 0 bridgehead atoms. The van der Waals surface area contributed by atoms with Gasteiger partial charge in [0.1, 0.15) is 29.3 Å². The van der Waals surface area contributed by atoms with Crippen LogP contribution in [0.4, 0.5) is 42.0 Å². The number of rotatable bonds is 20. The summed E-state index contributed by atoms with van der Waals surface area (Å²) in [6.45, 7) is 31.2. The summed E-state index contributed by atoms with van der Waals surface area (Å²) in [5.41, 5.74) is 12.4. The number of halogens is 4. The number of ketones is 1. The van der Waals surface area contributed by atoms with Gasteiger partial charge in [-0.2, -0.15) is 28.8 Å². The molecule has 121 heavy (non-hydrogen) atoms. The maximum atomic E-state index is 13.7. The first-order valence-electron chi connectivity index (χ1n) is 41.2. The molecule has 7 aromatic carbocycles. The van der Waals surface area contributed by atoms with Crippen molar-refractivity contribution in [2.75, 3.05) is 58.8 Å². The van der Waals surface area contributed by atoms with E-state index >= 15 is 0 Å². The van der Waals surface area contributed by atoms with Gasteiger partial charge in [0.05, 0.1) is 57.5 Å². The summed E-state index contributed by atoms with van der Waals surface area (Å²) in [6, 6.07) is 54.6. The number of nitrogens with zero attached hydrogens (tertiary/aromatic N) is 10. The highest BCUT2D eigenvalue weighted by Crippen LogP contribution is 2.56. The lowest BCUT2D eigenvalue weighted by molar-refractivity contribution is -0.164. The summed E-state index contributed by atoms with van der Waals surface area (Å²) >= 11 is 11.6. The highest BCUT2D eigenvalue weighted by molar-refractivity contribution is 7.81. The average molecular weight is 1680 g/mol. The van der Waals surface area contributed by atoms with Gasteiger partial charge in [0.2, 0.25) is 5.95 Å². The number of ether oxygens (including phenoxy) is 2. The van der Waals surface area contributed by atoms with Gasteiger partial charge in [0, 0.05) is 115 Å². The van der Waals surface area contributed by atoms with Crippen LogP contribution in [0.15, 0.2) is 181 Å². The third-order valence-corrected chi connectivity index (χ3v) is 24.2. The van der Waals surface area contributed by atoms with E-state index in [1.165, 1.54) is 48.9 Å². The van der Waals surface area contributed by atoms with Crippen LogP contribution in [0.25, 0.3) is 22.4 Å². The Kier molecular flexibility index (Phi) is 28.7. The maximum absolute atomic E-state index is 13.7. The summed E-state index contributed by atoms with van der Waals surface area (Å²) in [6.07, 6.45) is 6.53. The minimum Gasteiger partial charge on any atom is -0.489 e. The number of thiocarbonyl (C=S) groups is 1. The van der Waals surface area contributed by atoms with Crippen molar-refractivity contribution in [1.29, 1.82) is 10.5 Å². The Labute approximate surface area is 719 Å². The number of carbonyl (C=O) groups excluding carboxylic acids is 3. The number of pyridine rings is 1. The van der Waals surface area contributed by atoms with Crippen LogP contribution in [0.1, 0.15) is 182 Å². The molecule has 2 saturated carbocycles. The molecule has 19 nitrogen and oxygen atoms in total. The summed E-state index contributed by atoms with van der Waals surface area (Å²) < 4.78 is 53.9. The third-order valence-electron chi connectivity index (χ3n) is 23.5. The Morgan fingerprint density at radius 3 is 1.95 bits per heavy atom. The maximum Gasteiger partial charge on any atom is 0.417 e. The molecule has 10 aromatic rings. The van der Waals surface area contributed by atoms with Crippen molar-refractivity contribution in [3.63, 3.8) is 0 Å². The lowest BCUT2D eigenvalue weighted by atomic mass is 9.49. The van der Waals surface area contributed by atoms with Gasteiger partial charge >= 0.3 is 6.18 Å². The van der Waals surface area contributed by atoms with Gasteiger partial charge in [0.15, 0.2) is 10.9 Å². The minimum absolute atomic E-state index is 0.0241. The largest absolute Gasteiger partial charge is 0.489 e. The van der Waals surface area contributed by atoms with E-state index in [4.69, 9.17) is 48.8 Å². The number of H-pyrrole nitrogens is 1. The second kappa shape index (κ2) is 38.5. The Morgan fingerprint density at radius 1 is 0.744 bits per heavy atom. The second-order valence-corrected chi connectivity index (χ2v) is 34.7. The predicted molar refractivity (Wildman–Crippen MR) is 480 cm³/mol. The topological polar surface area (TPSA) is 231 Å². The summed E-state index contributed by atoms with van der Waals surface area (Å²) in [5.74, 6) is 2.76. The van der Waals surface area contributed by atoms with Gasteiger partial charge in [0.25, 0.3) is 17.4 Å². The van der Waals surface area contributed by atoms with Crippen LogP contribution in [0.3, 0.4) is 0 Å². The van der Waals surface area contributed by atoms with Gasteiger partial charge in [-0.05, 0) is 232 Å². The molecule has 0 spiro atoms. The van der Waals surface area contributed by atoms with Crippen LogP contribution in [0, 0.1) is 81.0 Å². The van der Waals surface area contributed by atoms with Crippen molar-refractivity contribution in [3.8, 4) is 40.3 Å². The minimum atomic E-state index is -4.72. The molecule has 14 rings (SSSR count). The fourth-order valence-corrected chi connectivity index (χ4v) is 17.9. The van der Waals surface area contributed by atoms with Crippen LogP contribution >= 0.6 is 23.8 Å². The highest BCUT2D eigenvalue weighted by atomic mass is 35.5. The van der Waals surface area contributed by atoms with Crippen molar-refractivity contribution in [3.05, 3.63) is 264 Å². The number of alkyl halides is 3. The number of amides is 2. The number of hydrogen-bond acceptors (Lipinski definition) is 15. The van der Waals surface area contributed by atoms with Crippen LogP contribution in [0.5, 0.6) is 5.75 Å². The molecule has 2 aliphatic heterocycles. The van der Waals surface area contributed by atoms with E-state index in [1.807, 2.05) is 126 Å². The number of aromatic amines is 1. The smallest absolute Gasteiger partial charge is 0.417 e. The third kappa shape index (κ3) is 20.9. The normalized spacial score (nSPS) is 17.7. The second-order valence-electron chi connectivity index (χ2n) is 34.0. The molecule has 5 heterocycles. The molecule has 0 atom stereocenters. The zero-order chi connectivity index (χ0) is 87.6. The molecule has 2 amide bonds. The monoisotopic (exact) mass is 1680 g/mol. The van der Waals surface area contributed by atoms with Crippen molar-refractivity contribution in [2.45, 2.75) is 191 Å². The first-order valence-corrected chi connectivity index (χ1v) is 42.0. The van der Waals surface area contributed by atoms with E-state index in [0.717, 1.165) is 129 Å². The first kappa shape index (κ1) is 90.3. The van der Waals surface area contributed by atoms with Crippen molar-refractivity contribution in [2.24, 2.45) is 16.7 Å². The average Bonchev–Trinajstić information content (AvgIpc) is 1.49. The Balaban J connectivity index is 0.000000158. The molecule has 0 radical (unpaired) electrons. The van der Waals surface area contributed by atoms with E-state index < -0.39 is 28.7 Å². The van der Waals surface area contributed by atoms with Crippen LogP contribution in [0.2, 0.25) is 5.02 Å². The fraction of sp³-hybridized carbons (Fsp3) is 0.381. The summed E-state index contributed by atoms with van der Waals surface area (Å²) in [7, 11) is 4.09. The van der Waals surface area contributed by atoms with Gasteiger partial charge in [-0.25, -0.2) is 14.6 Å². The van der Waals surface area contributed by atoms with E-state index in [9.17, 15) is 32.3 Å². The number of aryl methyl sites for hydroxylation is 5. The van der Waals surface area contributed by atoms with Gasteiger partial charge < -0.3 is 39.8 Å². The Hall–Kier alpha value is -11.5. The van der Waals surface area contributed by atoms with Crippen LogP contribution in [-0.4, -0.2) is 111 Å². The number of hydrogen-bond donors (Lipinski definition) is 3. The summed E-state index contributed by atoms with van der Waals surface area (Å²) in [4.78, 5) is 71.4. The SMILES string of the molecule is CC1CCC(Nc2nccc(-c3cnn(Cc4ccccc4)c3N(C)C)n2)CC1.CCN(c1cc(-c2ccc(C)cc2)cc(C(=O)CCc2c(C)cc(C)[nH]c2=O)c1C)C1CCOCC1.Cc1ccc(C(=O)NC2C(C)(C)C(Oc3ccc(C#N)c(Cl)c3)C2(C)C)cc1.Cc1ccc(N2C(=S)N(c3ccc(C#N)c(C(F)(F)F)c3)C(=O)C2(C)C)cc1. The van der Waals surface area contributed by atoms with Crippen molar-refractivity contribution < 1.29 is 37.0 Å². The van der Waals surface area contributed by atoms with E-state index in [0.29, 0.717) is 64.0 Å². The van der Waals surface area contributed by atoms with Crippen molar-refractivity contribution in [1.82, 2.24) is 30.0 Å². The van der Waals surface area contributed by atoms with Gasteiger partial charge in [-0.1, -0.05) is 142 Å². The molecule has 3 N–H and O–H groups in total. The van der Waals surface area contributed by atoms with E-state index in [-0.39, 0.29) is 51.0 Å². The van der Waals surface area contributed by atoms with Crippen molar-refractivity contribution >= 4 is 75.4 Å². The van der Waals surface area contributed by atoms with Gasteiger partial charge in [-0.15, -0.1) is 0 Å². The number of nitrogens with one attached hydrogen (secondary N) is 3. The number of benzene rings is 7. The molecule has 3 aromatic heterocycles. The molecule has 4 aliphatic rings. The van der Waals surface area contributed by atoms with Gasteiger partial charge in [-0.3, -0.25) is 24.1 Å².